The maximum atomic E-state index is 13.0. The molecule has 1 fully saturated rings. The number of hydrogen-bond donors (Lipinski definition) is 2. The van der Waals surface area contributed by atoms with Crippen LogP contribution in [0.2, 0.25) is 0 Å². The first-order valence-electron chi connectivity index (χ1n) is 6.72. The van der Waals surface area contributed by atoms with Gasteiger partial charge in [-0.15, -0.1) is 0 Å². The summed E-state index contributed by atoms with van der Waals surface area (Å²) >= 11 is 0. The van der Waals surface area contributed by atoms with Crippen LogP contribution in [0.25, 0.3) is 0 Å². The summed E-state index contributed by atoms with van der Waals surface area (Å²) in [7, 11) is 0. The van der Waals surface area contributed by atoms with Crippen molar-refractivity contribution in [3.05, 3.63) is 29.6 Å². The molecule has 0 spiro atoms. The van der Waals surface area contributed by atoms with Gasteiger partial charge in [-0.2, -0.15) is 0 Å². The molecule has 1 aromatic carbocycles. The van der Waals surface area contributed by atoms with Crippen LogP contribution >= 0.6 is 0 Å². The van der Waals surface area contributed by atoms with Crippen LogP contribution in [0.15, 0.2) is 18.2 Å². The van der Waals surface area contributed by atoms with Gasteiger partial charge in [0, 0.05) is 12.1 Å². The summed E-state index contributed by atoms with van der Waals surface area (Å²) in [5, 5.41) is 12.0. The fraction of sp³-hybridized carbons (Fsp3) is 0.467. The number of halogens is 1. The van der Waals surface area contributed by atoms with Crippen molar-refractivity contribution in [2.45, 2.75) is 39.0 Å². The Bertz CT molecular complexity index is 536. The van der Waals surface area contributed by atoms with Gasteiger partial charge < -0.3 is 10.4 Å². The molecule has 20 heavy (non-hydrogen) atoms. The molecule has 2 N–H and O–H groups in total. The number of carboxylic acid groups (broad SMARTS) is 1. The van der Waals surface area contributed by atoms with E-state index in [0.717, 1.165) is 12.8 Å². The second-order valence-electron chi connectivity index (χ2n) is 5.48. The highest BCUT2D eigenvalue weighted by molar-refractivity contribution is 5.94. The lowest BCUT2D eigenvalue weighted by molar-refractivity contribution is -0.150. The van der Waals surface area contributed by atoms with Gasteiger partial charge in [0.05, 0.1) is 5.41 Å². The van der Waals surface area contributed by atoms with Crippen molar-refractivity contribution in [1.29, 1.82) is 0 Å². The van der Waals surface area contributed by atoms with Gasteiger partial charge in [-0.1, -0.05) is 12.8 Å². The van der Waals surface area contributed by atoms with E-state index in [1.54, 1.807) is 6.92 Å². The minimum atomic E-state index is -0.933. The van der Waals surface area contributed by atoms with Crippen LogP contribution in [0.5, 0.6) is 0 Å². The summed E-state index contributed by atoms with van der Waals surface area (Å²) in [6.07, 6.45) is 2.74. The summed E-state index contributed by atoms with van der Waals surface area (Å²) in [6.45, 7) is 1.70. The number of aliphatic carboxylic acids is 1. The lowest BCUT2D eigenvalue weighted by Crippen LogP contribution is -2.32. The number of rotatable bonds is 4. The number of amides is 1. The molecule has 1 aliphatic carbocycles. The predicted molar refractivity (Wildman–Crippen MR) is 72.9 cm³/mol. The predicted octanol–water partition coefficient (Wildman–Crippen LogP) is 3.11. The van der Waals surface area contributed by atoms with Crippen LogP contribution in [0.1, 0.15) is 37.7 Å². The topological polar surface area (TPSA) is 66.4 Å². The molecule has 108 valence electrons. The highest BCUT2D eigenvalue weighted by atomic mass is 19.1. The van der Waals surface area contributed by atoms with E-state index in [4.69, 9.17) is 0 Å². The largest absolute Gasteiger partial charge is 0.481 e. The van der Waals surface area contributed by atoms with Gasteiger partial charge >= 0.3 is 5.97 Å². The summed E-state index contributed by atoms with van der Waals surface area (Å²) in [6, 6.07) is 4.09. The average molecular weight is 279 g/mol. The second kappa shape index (κ2) is 5.61. The van der Waals surface area contributed by atoms with E-state index in [-0.39, 0.29) is 18.1 Å². The Morgan fingerprint density at radius 2 is 2.00 bits per heavy atom. The van der Waals surface area contributed by atoms with Crippen LogP contribution in [-0.2, 0) is 9.59 Å². The van der Waals surface area contributed by atoms with Crippen molar-refractivity contribution in [3.8, 4) is 0 Å². The van der Waals surface area contributed by atoms with Gasteiger partial charge in [0.15, 0.2) is 0 Å². The normalized spacial score (nSPS) is 16.9. The third kappa shape index (κ3) is 2.98. The summed E-state index contributed by atoms with van der Waals surface area (Å²) in [4.78, 5) is 23.4. The highest BCUT2D eigenvalue weighted by Gasteiger charge is 2.42. The van der Waals surface area contributed by atoms with Crippen molar-refractivity contribution < 1.29 is 19.1 Å². The average Bonchev–Trinajstić information content (AvgIpc) is 2.82. The third-order valence-electron chi connectivity index (χ3n) is 3.98. The molecule has 2 rings (SSSR count). The number of aryl methyl sites for hydroxylation is 1. The minimum absolute atomic E-state index is 0.0286. The Morgan fingerprint density at radius 3 is 2.55 bits per heavy atom. The number of benzene rings is 1. The Kier molecular flexibility index (Phi) is 4.06. The molecule has 0 bridgehead atoms. The fourth-order valence-corrected chi connectivity index (χ4v) is 2.79. The molecule has 4 nitrogen and oxygen atoms in total. The molecule has 0 aromatic heterocycles. The zero-order valence-corrected chi connectivity index (χ0v) is 11.4. The molecule has 0 saturated heterocycles. The van der Waals surface area contributed by atoms with E-state index in [9.17, 15) is 19.1 Å². The summed E-state index contributed by atoms with van der Waals surface area (Å²) < 4.78 is 13.0. The van der Waals surface area contributed by atoms with Crippen LogP contribution in [0.3, 0.4) is 0 Å². The Balaban J connectivity index is 2.07. The molecule has 1 aliphatic rings. The number of carboxylic acids is 1. The van der Waals surface area contributed by atoms with E-state index in [1.165, 1.54) is 18.2 Å². The maximum absolute atomic E-state index is 13.0. The smallest absolute Gasteiger partial charge is 0.310 e. The first kappa shape index (κ1) is 14.5. The number of anilines is 1. The number of hydrogen-bond acceptors (Lipinski definition) is 2. The molecule has 1 saturated carbocycles. The molecule has 1 aromatic rings. The first-order valence-corrected chi connectivity index (χ1v) is 6.72. The zero-order chi connectivity index (χ0) is 14.8. The van der Waals surface area contributed by atoms with Gasteiger partial charge in [-0.3, -0.25) is 9.59 Å². The molecule has 1 amide bonds. The molecule has 5 heteroatoms. The number of carbonyl (C=O) groups excluding carboxylic acids is 1. The molecule has 0 heterocycles. The van der Waals surface area contributed by atoms with E-state index >= 15 is 0 Å². The van der Waals surface area contributed by atoms with E-state index in [2.05, 4.69) is 5.32 Å². The van der Waals surface area contributed by atoms with Crippen molar-refractivity contribution in [2.75, 3.05) is 5.32 Å². The monoisotopic (exact) mass is 279 g/mol. The molecule has 0 aliphatic heterocycles. The van der Waals surface area contributed by atoms with E-state index < -0.39 is 11.4 Å². The Labute approximate surface area is 117 Å². The van der Waals surface area contributed by atoms with Crippen LogP contribution in [0, 0.1) is 18.2 Å². The van der Waals surface area contributed by atoms with E-state index in [1.807, 2.05) is 0 Å². The van der Waals surface area contributed by atoms with Crippen molar-refractivity contribution in [2.24, 2.45) is 5.41 Å². The van der Waals surface area contributed by atoms with Crippen molar-refractivity contribution in [3.63, 3.8) is 0 Å². The second-order valence-corrected chi connectivity index (χ2v) is 5.48. The maximum Gasteiger partial charge on any atom is 0.310 e. The quantitative estimate of drug-likeness (QED) is 0.890. The number of nitrogens with one attached hydrogen (secondary N) is 1. The lowest BCUT2D eigenvalue weighted by Gasteiger charge is -2.23. The lowest BCUT2D eigenvalue weighted by atomic mass is 9.82. The molecule has 0 unspecified atom stereocenters. The Hall–Kier alpha value is -1.91. The zero-order valence-electron chi connectivity index (χ0n) is 11.4. The summed E-state index contributed by atoms with van der Waals surface area (Å²) in [5.74, 6) is -1.59. The van der Waals surface area contributed by atoms with Crippen molar-refractivity contribution in [1.82, 2.24) is 0 Å². The standard InChI is InChI=1S/C15H18FNO3/c1-10-8-11(16)4-5-12(10)17-13(18)9-15(14(19)20)6-2-3-7-15/h4-5,8H,2-3,6-7,9H2,1H3,(H,17,18)(H,19,20). The van der Waals surface area contributed by atoms with Gasteiger partial charge in [-0.25, -0.2) is 4.39 Å². The van der Waals surface area contributed by atoms with Crippen LogP contribution in [0.4, 0.5) is 10.1 Å². The van der Waals surface area contributed by atoms with Crippen molar-refractivity contribution >= 4 is 17.6 Å². The molecule has 0 atom stereocenters. The van der Waals surface area contributed by atoms with Gasteiger partial charge in [0.2, 0.25) is 5.91 Å². The number of carbonyl (C=O) groups is 2. The Morgan fingerprint density at radius 1 is 1.35 bits per heavy atom. The molecule has 0 radical (unpaired) electrons. The molecular weight excluding hydrogens is 261 g/mol. The van der Waals surface area contributed by atoms with E-state index in [0.29, 0.717) is 24.1 Å². The SMILES string of the molecule is Cc1cc(F)ccc1NC(=O)CC1(C(=O)O)CCCC1. The minimum Gasteiger partial charge on any atom is -0.481 e. The van der Waals surface area contributed by atoms with Gasteiger partial charge in [0.1, 0.15) is 5.82 Å². The van der Waals surface area contributed by atoms with Crippen LogP contribution < -0.4 is 5.32 Å². The summed E-state index contributed by atoms with van der Waals surface area (Å²) in [5.41, 5.74) is 0.210. The van der Waals surface area contributed by atoms with Gasteiger partial charge in [0.25, 0.3) is 0 Å². The van der Waals surface area contributed by atoms with Gasteiger partial charge in [-0.05, 0) is 43.5 Å². The molecular formula is C15H18FNO3. The fourth-order valence-electron chi connectivity index (χ4n) is 2.79. The van der Waals surface area contributed by atoms with Crippen LogP contribution in [-0.4, -0.2) is 17.0 Å². The third-order valence-corrected chi connectivity index (χ3v) is 3.98. The first-order chi connectivity index (χ1) is 9.43. The highest BCUT2D eigenvalue weighted by Crippen LogP contribution is 2.41.